The van der Waals surface area contributed by atoms with E-state index in [0.29, 0.717) is 12.5 Å². The summed E-state index contributed by atoms with van der Waals surface area (Å²) in [5.74, 6) is -0.657. The fourth-order valence-electron chi connectivity index (χ4n) is 2.50. The van der Waals surface area contributed by atoms with Crippen molar-refractivity contribution in [3.63, 3.8) is 0 Å². The minimum Gasteiger partial charge on any atom is -0.480 e. The van der Waals surface area contributed by atoms with Gasteiger partial charge < -0.3 is 10.0 Å². The van der Waals surface area contributed by atoms with E-state index in [9.17, 15) is 9.59 Å². The molecule has 1 aromatic rings. The number of nitrogens with zero attached hydrogens (tertiary/aromatic N) is 3. The minimum absolute atomic E-state index is 0.153. The van der Waals surface area contributed by atoms with E-state index in [4.69, 9.17) is 5.11 Å². The van der Waals surface area contributed by atoms with E-state index in [1.165, 1.54) is 4.90 Å². The van der Waals surface area contributed by atoms with E-state index in [-0.39, 0.29) is 18.9 Å². The Kier molecular flexibility index (Phi) is 6.59. The van der Waals surface area contributed by atoms with Crippen LogP contribution < -0.4 is 0 Å². The molecule has 0 unspecified atom stereocenters. The zero-order chi connectivity index (χ0) is 16.9. The summed E-state index contributed by atoms with van der Waals surface area (Å²) in [6.45, 7) is 11.1. The fraction of sp³-hybridized carbons (Fsp3) is 0.688. The molecule has 0 aliphatic rings. The maximum absolute atomic E-state index is 12.4. The summed E-state index contributed by atoms with van der Waals surface area (Å²) in [5.41, 5.74) is 2.75. The maximum atomic E-state index is 12.4. The molecule has 124 valence electrons. The normalized spacial score (nSPS) is 11.0. The first-order chi connectivity index (χ1) is 10.3. The molecule has 0 aliphatic heterocycles. The molecule has 0 fully saturated rings. The van der Waals surface area contributed by atoms with Crippen LogP contribution in [0.15, 0.2) is 0 Å². The van der Waals surface area contributed by atoms with Gasteiger partial charge in [0, 0.05) is 24.3 Å². The first-order valence-corrected chi connectivity index (χ1v) is 7.78. The molecule has 0 radical (unpaired) electrons. The van der Waals surface area contributed by atoms with Crippen molar-refractivity contribution < 1.29 is 14.7 Å². The van der Waals surface area contributed by atoms with E-state index in [1.54, 1.807) is 0 Å². The van der Waals surface area contributed by atoms with Gasteiger partial charge in [0.25, 0.3) is 0 Å². The fourth-order valence-corrected chi connectivity index (χ4v) is 2.50. The SMILES string of the molecule is CCCN(CC(=O)O)C(=O)Cc1c(C)nn(CC(C)C)c1C. The Morgan fingerprint density at radius 2 is 1.95 bits per heavy atom. The number of carbonyl (C=O) groups is 2. The number of aryl methyl sites for hydroxylation is 1. The van der Waals surface area contributed by atoms with Crippen molar-refractivity contribution in [3.05, 3.63) is 17.0 Å². The topological polar surface area (TPSA) is 75.4 Å². The molecule has 0 saturated carbocycles. The van der Waals surface area contributed by atoms with Crippen LogP contribution >= 0.6 is 0 Å². The summed E-state index contributed by atoms with van der Waals surface area (Å²) < 4.78 is 1.93. The molecule has 6 heteroatoms. The van der Waals surface area contributed by atoms with Gasteiger partial charge in [-0.15, -0.1) is 0 Å². The summed E-state index contributed by atoms with van der Waals surface area (Å²) in [5, 5.41) is 13.4. The van der Waals surface area contributed by atoms with Crippen LogP contribution in [-0.2, 0) is 22.6 Å². The number of rotatable bonds is 8. The highest BCUT2D eigenvalue weighted by molar-refractivity contribution is 5.83. The molecular formula is C16H27N3O3. The number of aromatic nitrogens is 2. The second-order valence-corrected chi connectivity index (χ2v) is 6.11. The van der Waals surface area contributed by atoms with Crippen molar-refractivity contribution in [2.24, 2.45) is 5.92 Å². The molecule has 1 rings (SSSR count). The molecule has 22 heavy (non-hydrogen) atoms. The molecule has 0 aliphatic carbocycles. The van der Waals surface area contributed by atoms with Crippen molar-refractivity contribution in [2.45, 2.75) is 54.0 Å². The monoisotopic (exact) mass is 309 g/mol. The highest BCUT2D eigenvalue weighted by atomic mass is 16.4. The number of amides is 1. The number of carboxylic acid groups (broad SMARTS) is 1. The number of aliphatic carboxylic acids is 1. The van der Waals surface area contributed by atoms with Crippen molar-refractivity contribution >= 4 is 11.9 Å². The van der Waals surface area contributed by atoms with E-state index in [2.05, 4.69) is 18.9 Å². The van der Waals surface area contributed by atoms with Gasteiger partial charge in [-0.25, -0.2) is 0 Å². The standard InChI is InChI=1S/C16H27N3O3/c1-6-7-18(10-16(21)22)15(20)8-14-12(4)17-19(13(14)5)9-11(2)3/h11H,6-10H2,1-5H3,(H,21,22). The van der Waals surface area contributed by atoms with Crippen LogP contribution in [0.2, 0.25) is 0 Å². The number of hydrogen-bond acceptors (Lipinski definition) is 3. The van der Waals surface area contributed by atoms with Gasteiger partial charge in [-0.2, -0.15) is 5.10 Å². The van der Waals surface area contributed by atoms with E-state index >= 15 is 0 Å². The lowest BCUT2D eigenvalue weighted by Crippen LogP contribution is -2.37. The zero-order valence-electron chi connectivity index (χ0n) is 14.2. The largest absolute Gasteiger partial charge is 0.480 e. The molecule has 1 amide bonds. The molecule has 0 bridgehead atoms. The molecule has 0 spiro atoms. The molecule has 1 N–H and O–H groups in total. The van der Waals surface area contributed by atoms with Gasteiger partial charge in [0.2, 0.25) is 5.91 Å². The van der Waals surface area contributed by atoms with Gasteiger partial charge in [-0.3, -0.25) is 14.3 Å². The molecule has 6 nitrogen and oxygen atoms in total. The van der Waals surface area contributed by atoms with Crippen LogP contribution in [0.1, 0.15) is 44.1 Å². The van der Waals surface area contributed by atoms with Gasteiger partial charge in [0.05, 0.1) is 12.1 Å². The van der Waals surface area contributed by atoms with Gasteiger partial charge in [0.15, 0.2) is 0 Å². The summed E-state index contributed by atoms with van der Waals surface area (Å²) >= 11 is 0. The Labute approximate surface area is 132 Å². The van der Waals surface area contributed by atoms with Crippen molar-refractivity contribution in [1.82, 2.24) is 14.7 Å². The Bertz CT molecular complexity index is 535. The van der Waals surface area contributed by atoms with E-state index in [1.807, 2.05) is 25.5 Å². The van der Waals surface area contributed by atoms with Crippen molar-refractivity contribution in [3.8, 4) is 0 Å². The highest BCUT2D eigenvalue weighted by Gasteiger charge is 2.20. The molecule has 0 atom stereocenters. The summed E-state index contributed by atoms with van der Waals surface area (Å²) in [6, 6.07) is 0. The van der Waals surface area contributed by atoms with Gasteiger partial charge in [0.1, 0.15) is 6.54 Å². The smallest absolute Gasteiger partial charge is 0.323 e. The van der Waals surface area contributed by atoms with E-state index in [0.717, 1.165) is 29.9 Å². The highest BCUT2D eigenvalue weighted by Crippen LogP contribution is 2.16. The van der Waals surface area contributed by atoms with Crippen LogP contribution in [0, 0.1) is 19.8 Å². The first kappa shape index (κ1) is 18.2. The number of carboxylic acids is 1. The van der Waals surface area contributed by atoms with E-state index < -0.39 is 5.97 Å². The molecule has 0 aromatic carbocycles. The predicted octanol–water partition coefficient (Wildman–Crippen LogP) is 2.02. The lowest BCUT2D eigenvalue weighted by molar-refractivity contribution is -0.144. The Morgan fingerprint density at radius 1 is 1.32 bits per heavy atom. The van der Waals surface area contributed by atoms with Crippen LogP contribution in [0.3, 0.4) is 0 Å². The van der Waals surface area contributed by atoms with Gasteiger partial charge in [-0.1, -0.05) is 20.8 Å². The molecule has 1 heterocycles. The summed E-state index contributed by atoms with van der Waals surface area (Å²) in [4.78, 5) is 24.7. The van der Waals surface area contributed by atoms with Gasteiger partial charge in [-0.05, 0) is 26.2 Å². The quantitative estimate of drug-likeness (QED) is 0.797. The van der Waals surface area contributed by atoms with Crippen molar-refractivity contribution in [2.75, 3.05) is 13.1 Å². The molecule has 0 saturated heterocycles. The van der Waals surface area contributed by atoms with Crippen molar-refractivity contribution in [1.29, 1.82) is 0 Å². The maximum Gasteiger partial charge on any atom is 0.323 e. The molecular weight excluding hydrogens is 282 g/mol. The third-order valence-corrected chi connectivity index (χ3v) is 3.57. The van der Waals surface area contributed by atoms with Crippen LogP contribution in [0.5, 0.6) is 0 Å². The lowest BCUT2D eigenvalue weighted by atomic mass is 10.1. The minimum atomic E-state index is -0.981. The van der Waals surface area contributed by atoms with Crippen LogP contribution in [-0.4, -0.2) is 44.8 Å². The third kappa shape index (κ3) is 4.86. The van der Waals surface area contributed by atoms with Gasteiger partial charge >= 0.3 is 5.97 Å². The third-order valence-electron chi connectivity index (χ3n) is 3.57. The average Bonchev–Trinajstić information content (AvgIpc) is 2.64. The Balaban J connectivity index is 2.90. The zero-order valence-corrected chi connectivity index (χ0v) is 14.2. The van der Waals surface area contributed by atoms with Crippen LogP contribution in [0.4, 0.5) is 0 Å². The second-order valence-electron chi connectivity index (χ2n) is 6.11. The predicted molar refractivity (Wildman–Crippen MR) is 84.7 cm³/mol. The lowest BCUT2D eigenvalue weighted by Gasteiger charge is -2.20. The second kappa shape index (κ2) is 7.96. The van der Waals surface area contributed by atoms with Crippen LogP contribution in [0.25, 0.3) is 0 Å². The summed E-state index contributed by atoms with van der Waals surface area (Å²) in [7, 11) is 0. The Hall–Kier alpha value is -1.85. The average molecular weight is 309 g/mol. The summed E-state index contributed by atoms with van der Waals surface area (Å²) in [6.07, 6.45) is 0.951. The number of carbonyl (C=O) groups excluding carboxylic acids is 1. The molecule has 1 aromatic heterocycles. The Morgan fingerprint density at radius 3 is 2.45 bits per heavy atom. The first-order valence-electron chi connectivity index (χ1n) is 7.78. The number of hydrogen-bond donors (Lipinski definition) is 1.